The number of nitrogens with two attached hydrogens (primary N) is 1. The number of hydrogen-bond donors (Lipinski definition) is 1. The lowest BCUT2D eigenvalue weighted by molar-refractivity contribution is -0.0305. The van der Waals surface area contributed by atoms with Crippen LogP contribution in [0.3, 0.4) is 0 Å². The summed E-state index contributed by atoms with van der Waals surface area (Å²) in [4.78, 5) is 94.7. The molecule has 8 bridgehead atoms. The van der Waals surface area contributed by atoms with Crippen LogP contribution in [0.2, 0.25) is 12.6 Å². The van der Waals surface area contributed by atoms with E-state index in [4.69, 9.17) is 83.5 Å². The number of hydrogen-bond acceptors (Lipinski definition) is 25. The van der Waals surface area contributed by atoms with Crippen LogP contribution in [0, 0.1) is 0 Å². The molecule has 0 aliphatic carbocycles. The van der Waals surface area contributed by atoms with Gasteiger partial charge < -0.3 is 83.5 Å². The summed E-state index contributed by atoms with van der Waals surface area (Å²) < 4.78 is 119. The van der Waals surface area contributed by atoms with E-state index < -0.39 is 150 Å². The fourth-order valence-electron chi connectivity index (χ4n) is 9.00. The summed E-state index contributed by atoms with van der Waals surface area (Å²) in [5.41, 5.74) is -0.814. The third-order valence-electron chi connectivity index (χ3n) is 12.9. The first-order chi connectivity index (χ1) is 41.0. The zero-order chi connectivity index (χ0) is 59.2. The van der Waals surface area contributed by atoms with Gasteiger partial charge in [-0.05, 0) is 46.3 Å². The molecule has 85 heavy (non-hydrogen) atoms. The molecule has 6 aliphatic heterocycles. The minimum atomic E-state index is -6.27. The molecular weight excluding hydrogens is 1250 g/mol. The average molecular weight is 1300 g/mol. The van der Waals surface area contributed by atoms with Crippen LogP contribution in [0.5, 0.6) is 0 Å². The molecule has 12 rings (SSSR count). The van der Waals surface area contributed by atoms with Crippen LogP contribution in [0.25, 0.3) is 0 Å². The summed E-state index contributed by atoms with van der Waals surface area (Å²) in [6.07, 6.45) is -0.220. The van der Waals surface area contributed by atoms with Crippen LogP contribution < -0.4 is 5.73 Å². The second kappa shape index (κ2) is 25.0. The first-order valence-corrected chi connectivity index (χ1v) is 40.9. The number of ether oxygens (including phenoxy) is 6. The lowest BCUT2D eigenvalue weighted by atomic mass is 10.2. The van der Waals surface area contributed by atoms with E-state index in [1.54, 1.807) is 182 Å². The molecule has 0 saturated carbocycles. The SMILES string of the molecule is C[Si]12O[Si]3(C(=O)OCc4ccccc4)O[Si]4(C(=O)OCc5ccccc5)O[Si]5(CCCN)O[Si](C(=O)OCc6ccccc6)(O3)O[Si](C(=O)OCc3ccccc3)(O1)O[Si](C(=O)OCc1ccccc1)(O5)O[Si](C(=O)OCc1ccccc1)(O2)O4. The van der Waals surface area contributed by atoms with Gasteiger partial charge in [0.25, 0.3) is 0 Å². The summed E-state index contributed by atoms with van der Waals surface area (Å²) in [5, 5.41) is 0. The Morgan fingerprint density at radius 1 is 0.306 bits per heavy atom. The van der Waals surface area contributed by atoms with Crippen molar-refractivity contribution in [2.45, 2.75) is 58.7 Å². The Balaban J connectivity index is 1.18. The predicted molar refractivity (Wildman–Crippen MR) is 303 cm³/mol. The minimum absolute atomic E-state index is 0.220. The van der Waals surface area contributed by atoms with Gasteiger partial charge in [-0.1, -0.05) is 182 Å². The van der Waals surface area contributed by atoms with Crippen LogP contribution in [-0.4, -0.2) is 111 Å². The zero-order valence-electron chi connectivity index (χ0n) is 45.1. The van der Waals surface area contributed by atoms with Crippen LogP contribution in [-0.2, 0) is 117 Å². The smallest absolute Gasteiger partial charge is 0.459 e. The Kier molecular flexibility index (Phi) is 17.7. The lowest BCUT2D eigenvalue weighted by Gasteiger charge is -2.58. The van der Waals surface area contributed by atoms with Gasteiger partial charge in [-0.2, -0.15) is 0 Å². The van der Waals surface area contributed by atoms with Crippen molar-refractivity contribution < 1.29 is 107 Å². The Morgan fingerprint density at radius 3 is 0.682 bits per heavy atom. The monoisotopic (exact) mass is 1300 g/mol. The molecule has 0 amide bonds. The number of carbonyl (C=O) groups is 6. The molecule has 0 radical (unpaired) electrons. The van der Waals surface area contributed by atoms with Crippen LogP contribution in [0.4, 0.5) is 28.8 Å². The highest BCUT2D eigenvalue weighted by Gasteiger charge is 2.92. The van der Waals surface area contributed by atoms with E-state index in [0.29, 0.717) is 33.4 Å². The zero-order valence-corrected chi connectivity index (χ0v) is 53.1. The van der Waals surface area contributed by atoms with Gasteiger partial charge in [-0.25, -0.2) is 28.8 Å². The molecule has 442 valence electrons. The largest absolute Gasteiger partial charge is 0.600 e. The molecule has 6 aromatic carbocycles. The van der Waals surface area contributed by atoms with Crippen molar-refractivity contribution in [2.24, 2.45) is 5.73 Å². The molecule has 2 N–H and O–H groups in total. The van der Waals surface area contributed by atoms with E-state index in [1.165, 1.54) is 0 Å². The van der Waals surface area contributed by atoms with Gasteiger partial charge in [0.15, 0.2) is 0 Å². The highest BCUT2D eigenvalue weighted by molar-refractivity contribution is 7.22. The highest BCUT2D eigenvalue weighted by Crippen LogP contribution is 2.51. The van der Waals surface area contributed by atoms with Crippen molar-refractivity contribution in [3.63, 3.8) is 0 Å². The Hall–Kier alpha value is -6.64. The van der Waals surface area contributed by atoms with Crippen molar-refractivity contribution in [1.29, 1.82) is 0 Å². The standard InChI is InChI=1S/C52H53NO24Si8/c1-78-66-80(47(54)60-35-41-21-8-2-9-22-41)72-83(50(57)63-38-44-27-14-5-15-28-44)69-79(34-20-33-53)70-84(73-80,51(58)64-39-45-29-16-6-17-30-45)75-82(68-78,49(56)62-37-43-25-12-4-13-26-43)77-85(71-79,52(59)65-40-46-31-18-7-19-32-46)76-81(67-78,74-83)48(55)61-36-42-23-10-3-11-24-42/h2-19,21-32H,20,33-40,53H2,1H3. The summed E-state index contributed by atoms with van der Waals surface area (Å²) in [6, 6.07) is 48.9. The van der Waals surface area contributed by atoms with E-state index in [1.807, 2.05) is 0 Å². The molecule has 25 nitrogen and oxygen atoms in total. The number of benzene rings is 6. The number of rotatable bonds is 21. The van der Waals surface area contributed by atoms with Gasteiger partial charge in [-0.15, -0.1) is 0 Å². The molecule has 6 heterocycles. The van der Waals surface area contributed by atoms with E-state index in [2.05, 4.69) is 0 Å². The third-order valence-corrected chi connectivity index (χ3v) is 45.3. The van der Waals surface area contributed by atoms with Crippen LogP contribution in [0.1, 0.15) is 39.8 Å². The fourth-order valence-corrected chi connectivity index (χ4v) is 50.6. The van der Waals surface area contributed by atoms with Crippen molar-refractivity contribution >= 4 is 104 Å². The van der Waals surface area contributed by atoms with Crippen LogP contribution in [0.15, 0.2) is 182 Å². The molecule has 6 fully saturated rings. The Morgan fingerprint density at radius 2 is 0.494 bits per heavy atom. The van der Waals surface area contributed by atoms with Crippen molar-refractivity contribution in [1.82, 2.24) is 0 Å². The maximum Gasteiger partial charge on any atom is 0.600 e. The van der Waals surface area contributed by atoms with Crippen molar-refractivity contribution in [2.75, 3.05) is 6.54 Å². The minimum Gasteiger partial charge on any atom is -0.459 e. The molecule has 6 aliphatic rings. The molecule has 6 aromatic rings. The third kappa shape index (κ3) is 12.9. The van der Waals surface area contributed by atoms with Gasteiger partial charge in [0, 0.05) is 12.6 Å². The highest BCUT2D eigenvalue weighted by atomic mass is 28.6. The molecule has 6 saturated heterocycles. The summed E-state index contributed by atoms with van der Waals surface area (Å²) >= 11 is 0. The van der Waals surface area contributed by atoms with E-state index in [0.717, 1.165) is 6.55 Å². The van der Waals surface area contributed by atoms with Gasteiger partial charge >= 0.3 is 104 Å². The second-order valence-corrected chi connectivity index (χ2v) is 41.9. The van der Waals surface area contributed by atoms with Crippen molar-refractivity contribution in [3.8, 4) is 0 Å². The van der Waals surface area contributed by atoms with E-state index >= 15 is 28.8 Å². The van der Waals surface area contributed by atoms with Gasteiger partial charge in [0.05, 0.1) is 0 Å². The van der Waals surface area contributed by atoms with Gasteiger partial charge in [0.1, 0.15) is 39.6 Å². The first-order valence-electron chi connectivity index (χ1n) is 26.4. The first kappa shape index (κ1) is 60.1. The van der Waals surface area contributed by atoms with E-state index in [-0.39, 0.29) is 13.0 Å². The molecule has 0 aromatic heterocycles. The Labute approximate surface area is 494 Å². The average Bonchev–Trinajstić information content (AvgIpc) is 0.697. The topological polar surface area (TPSA) is 295 Å². The second-order valence-electron chi connectivity index (χ2n) is 19.4. The maximum absolute atomic E-state index is 15.8. The van der Waals surface area contributed by atoms with Gasteiger partial charge in [0.2, 0.25) is 0 Å². The molecular formula is C52H53NO24Si8. The van der Waals surface area contributed by atoms with Crippen LogP contribution >= 0.6 is 0 Å². The fraction of sp³-hybridized carbons (Fsp3) is 0.192. The predicted octanol–water partition coefficient (Wildman–Crippen LogP) is 8.25. The van der Waals surface area contributed by atoms with Gasteiger partial charge in [-0.3, -0.25) is 0 Å². The summed E-state index contributed by atoms with van der Waals surface area (Å²) in [5.74, 6) is 0. The van der Waals surface area contributed by atoms with E-state index in [9.17, 15) is 0 Å². The number of carbonyl (C=O) groups excluding carboxylic acids is 6. The quantitative estimate of drug-likeness (QED) is 0.0524. The maximum atomic E-state index is 15.8. The molecule has 33 heteroatoms. The lowest BCUT2D eigenvalue weighted by Crippen LogP contribution is -2.92. The summed E-state index contributed by atoms with van der Waals surface area (Å²) in [7, 11) is -48.9. The molecule has 0 spiro atoms. The van der Waals surface area contributed by atoms with Crippen molar-refractivity contribution in [3.05, 3.63) is 215 Å². The Bertz CT molecular complexity index is 3030. The molecule has 0 unspecified atom stereocenters. The molecule has 0 atom stereocenters. The summed E-state index contributed by atoms with van der Waals surface area (Å²) in [6.45, 7) is -2.49. The normalized spacial score (nSPS) is 28.9.